The molecule has 0 saturated heterocycles. The molecule has 7 heteroatoms. The summed E-state index contributed by atoms with van der Waals surface area (Å²) in [4.78, 5) is 27.6. The number of hydrogen-bond acceptors (Lipinski definition) is 4. The van der Waals surface area contributed by atoms with Gasteiger partial charge in [-0.05, 0) is 25.1 Å². The maximum atomic E-state index is 12.9. The molecule has 122 valence electrons. The van der Waals surface area contributed by atoms with Crippen LogP contribution in [0.2, 0.25) is 5.02 Å². The molecule has 0 fully saturated rings. The summed E-state index contributed by atoms with van der Waals surface area (Å²) in [5.41, 5.74) is 0.694. The number of H-pyrrole nitrogens is 1. The highest BCUT2D eigenvalue weighted by Crippen LogP contribution is 2.35. The molecule has 3 rings (SSSR count). The molecule has 0 spiro atoms. The molecule has 3 aromatic heterocycles. The van der Waals surface area contributed by atoms with E-state index in [4.69, 9.17) is 21.1 Å². The molecule has 0 saturated carbocycles. The molecule has 1 N–H and O–H groups in total. The zero-order valence-corrected chi connectivity index (χ0v) is 13.5. The number of aromatic amines is 1. The van der Waals surface area contributed by atoms with Crippen LogP contribution in [0.4, 0.5) is 4.79 Å². The maximum absolute atomic E-state index is 12.9. The van der Waals surface area contributed by atoms with Crippen molar-refractivity contribution < 1.29 is 19.3 Å². The van der Waals surface area contributed by atoms with Crippen LogP contribution in [0.5, 0.6) is 5.75 Å². The highest BCUT2D eigenvalue weighted by Gasteiger charge is 2.25. The van der Waals surface area contributed by atoms with Gasteiger partial charge in [0.25, 0.3) is 5.56 Å². The molecule has 0 aliphatic rings. The van der Waals surface area contributed by atoms with Gasteiger partial charge in [-0.15, -0.1) is 0 Å². The highest BCUT2D eigenvalue weighted by molar-refractivity contribution is 6.36. The van der Waals surface area contributed by atoms with E-state index in [9.17, 15) is 9.59 Å². The number of fused-ring (bicyclic) bond motifs is 1. The second kappa shape index (κ2) is 6.72. The SMILES string of the molecule is CCOC(=O)Oc1c(-c2cccc[nH+]2)c(=O)n2ccccc2c1Cl. The minimum atomic E-state index is -0.920. The number of aromatic nitrogens is 2. The zero-order valence-electron chi connectivity index (χ0n) is 12.8. The van der Waals surface area contributed by atoms with Crippen molar-refractivity contribution in [3.8, 4) is 17.0 Å². The standard InChI is InChI=1S/C17H13ClN2O4/c1-2-23-17(22)24-15-13(11-7-3-5-9-19-11)16(21)20-10-6-4-8-12(20)14(15)18/h3-10H,2H2,1H3/p+1. The van der Waals surface area contributed by atoms with Crippen molar-refractivity contribution in [1.29, 1.82) is 0 Å². The lowest BCUT2D eigenvalue weighted by molar-refractivity contribution is -0.364. The minimum absolute atomic E-state index is 0.0335. The summed E-state index contributed by atoms with van der Waals surface area (Å²) in [5, 5.41) is 0.149. The van der Waals surface area contributed by atoms with Crippen molar-refractivity contribution in [2.75, 3.05) is 6.61 Å². The number of hydrogen-bond donors (Lipinski definition) is 0. The van der Waals surface area contributed by atoms with Gasteiger partial charge in [-0.1, -0.05) is 17.7 Å². The molecule has 0 aromatic carbocycles. The van der Waals surface area contributed by atoms with E-state index in [2.05, 4.69) is 4.98 Å². The van der Waals surface area contributed by atoms with Gasteiger partial charge in [0.1, 0.15) is 5.02 Å². The number of pyridine rings is 3. The Morgan fingerprint density at radius 1 is 1.25 bits per heavy atom. The fourth-order valence-electron chi connectivity index (χ4n) is 2.36. The molecule has 0 amide bonds. The number of carbonyl (C=O) groups excluding carboxylic acids is 1. The molecule has 0 bridgehead atoms. The Labute approximate surface area is 142 Å². The second-order valence-electron chi connectivity index (χ2n) is 4.84. The smallest absolute Gasteiger partial charge is 0.434 e. The molecule has 0 aliphatic heterocycles. The van der Waals surface area contributed by atoms with Gasteiger partial charge in [-0.2, -0.15) is 0 Å². The van der Waals surface area contributed by atoms with E-state index >= 15 is 0 Å². The zero-order chi connectivity index (χ0) is 17.1. The summed E-state index contributed by atoms with van der Waals surface area (Å²) in [6.07, 6.45) is 2.34. The monoisotopic (exact) mass is 345 g/mol. The normalized spacial score (nSPS) is 10.6. The predicted molar refractivity (Wildman–Crippen MR) is 88.3 cm³/mol. The Morgan fingerprint density at radius 2 is 2.04 bits per heavy atom. The Bertz CT molecular complexity index is 954. The third-order valence-corrected chi connectivity index (χ3v) is 3.74. The van der Waals surface area contributed by atoms with Crippen LogP contribution in [0.1, 0.15) is 6.92 Å². The molecule has 24 heavy (non-hydrogen) atoms. The quantitative estimate of drug-likeness (QED) is 0.684. The molecule has 6 nitrogen and oxygen atoms in total. The second-order valence-corrected chi connectivity index (χ2v) is 5.22. The van der Waals surface area contributed by atoms with Crippen LogP contribution in [0.25, 0.3) is 16.8 Å². The van der Waals surface area contributed by atoms with Gasteiger partial charge >= 0.3 is 6.16 Å². The van der Waals surface area contributed by atoms with Crippen LogP contribution in [0.15, 0.2) is 53.6 Å². The summed E-state index contributed by atoms with van der Waals surface area (Å²) >= 11 is 6.41. The van der Waals surface area contributed by atoms with Crippen LogP contribution >= 0.6 is 11.6 Å². The first-order valence-electron chi connectivity index (χ1n) is 7.28. The predicted octanol–water partition coefficient (Wildman–Crippen LogP) is 2.97. The summed E-state index contributed by atoms with van der Waals surface area (Å²) in [5.74, 6) is -0.0335. The number of nitrogens with one attached hydrogen (secondary N) is 1. The number of halogens is 1. The number of ether oxygens (including phenoxy) is 2. The van der Waals surface area contributed by atoms with E-state index in [0.29, 0.717) is 11.2 Å². The van der Waals surface area contributed by atoms with Crippen LogP contribution in [-0.2, 0) is 4.74 Å². The van der Waals surface area contributed by atoms with Crippen molar-refractivity contribution in [3.05, 3.63) is 64.2 Å². The number of rotatable bonds is 3. The molecule has 3 aromatic rings. The summed E-state index contributed by atoms with van der Waals surface area (Å²) < 4.78 is 11.4. The fourth-order valence-corrected chi connectivity index (χ4v) is 2.64. The first-order valence-corrected chi connectivity index (χ1v) is 7.65. The molecular weight excluding hydrogens is 332 g/mol. The minimum Gasteiger partial charge on any atom is -0.434 e. The van der Waals surface area contributed by atoms with Gasteiger partial charge in [-0.25, -0.2) is 9.78 Å². The van der Waals surface area contributed by atoms with Gasteiger partial charge in [-0.3, -0.25) is 9.20 Å². The fraction of sp³-hybridized carbons (Fsp3) is 0.118. The third kappa shape index (κ3) is 2.83. The lowest BCUT2D eigenvalue weighted by Crippen LogP contribution is -2.22. The Morgan fingerprint density at radius 3 is 2.75 bits per heavy atom. The average molecular weight is 346 g/mol. The summed E-state index contributed by atoms with van der Waals surface area (Å²) in [7, 11) is 0. The van der Waals surface area contributed by atoms with Gasteiger partial charge in [0.2, 0.25) is 5.69 Å². The third-order valence-electron chi connectivity index (χ3n) is 3.37. The first-order chi connectivity index (χ1) is 11.6. The molecule has 0 radical (unpaired) electrons. The van der Waals surface area contributed by atoms with Crippen molar-refractivity contribution in [1.82, 2.24) is 4.40 Å². The van der Waals surface area contributed by atoms with Gasteiger partial charge in [0.05, 0.1) is 12.1 Å². The van der Waals surface area contributed by atoms with Crippen molar-refractivity contribution in [2.45, 2.75) is 6.92 Å². The molecule has 0 atom stereocenters. The lowest BCUT2D eigenvalue weighted by atomic mass is 10.1. The van der Waals surface area contributed by atoms with Gasteiger partial charge in [0.15, 0.2) is 17.5 Å². The topological polar surface area (TPSA) is 71.2 Å². The summed E-state index contributed by atoms with van der Waals surface area (Å²) in [6, 6.07) is 10.3. The van der Waals surface area contributed by atoms with Crippen molar-refractivity contribution >= 4 is 23.3 Å². The Hall–Kier alpha value is -2.86. The van der Waals surface area contributed by atoms with Gasteiger partial charge in [0, 0.05) is 18.3 Å². The Balaban J connectivity index is 2.32. The molecule has 0 unspecified atom stereocenters. The highest BCUT2D eigenvalue weighted by atomic mass is 35.5. The molecule has 3 heterocycles. The van der Waals surface area contributed by atoms with E-state index in [-0.39, 0.29) is 28.5 Å². The maximum Gasteiger partial charge on any atom is 0.513 e. The van der Waals surface area contributed by atoms with Gasteiger partial charge < -0.3 is 9.47 Å². The first kappa shape index (κ1) is 16.0. The number of carbonyl (C=O) groups is 1. The van der Waals surface area contributed by atoms with E-state index in [1.54, 1.807) is 55.7 Å². The average Bonchev–Trinajstić information content (AvgIpc) is 2.61. The largest absolute Gasteiger partial charge is 0.513 e. The lowest BCUT2D eigenvalue weighted by Gasteiger charge is -2.12. The molecular formula is C17H14ClN2O4+. The summed E-state index contributed by atoms with van der Waals surface area (Å²) in [6.45, 7) is 1.81. The Kier molecular flexibility index (Phi) is 4.48. The van der Waals surface area contributed by atoms with E-state index in [1.165, 1.54) is 4.40 Å². The van der Waals surface area contributed by atoms with E-state index in [1.807, 2.05) is 0 Å². The number of nitrogens with zero attached hydrogens (tertiary/aromatic N) is 1. The molecule has 0 aliphatic carbocycles. The van der Waals surface area contributed by atoms with E-state index < -0.39 is 6.16 Å². The van der Waals surface area contributed by atoms with Crippen molar-refractivity contribution in [2.24, 2.45) is 0 Å². The van der Waals surface area contributed by atoms with Crippen LogP contribution < -0.4 is 15.3 Å². The van der Waals surface area contributed by atoms with Crippen LogP contribution in [0.3, 0.4) is 0 Å². The van der Waals surface area contributed by atoms with Crippen LogP contribution in [0, 0.1) is 0 Å². The van der Waals surface area contributed by atoms with Crippen molar-refractivity contribution in [3.63, 3.8) is 0 Å². The van der Waals surface area contributed by atoms with Crippen LogP contribution in [-0.4, -0.2) is 17.2 Å². The van der Waals surface area contributed by atoms with E-state index in [0.717, 1.165) is 0 Å².